The molecule has 1 aliphatic heterocycles. The third-order valence-electron chi connectivity index (χ3n) is 4.28. The fraction of sp³-hybridized carbons (Fsp3) is 1.00. The second kappa shape index (κ2) is 11.8. The Hall–Kier alpha value is 0.544. The summed E-state index contributed by atoms with van der Waals surface area (Å²) in [6.07, 6.45) is -16.3. The first kappa shape index (κ1) is 30.7. The molecule has 0 bridgehead atoms. The molecule has 0 aliphatic carbocycles. The molecule has 0 amide bonds. The van der Waals surface area contributed by atoms with E-state index in [-0.39, 0.29) is 24.8 Å². The van der Waals surface area contributed by atoms with Crippen molar-refractivity contribution in [1.29, 1.82) is 0 Å². The van der Waals surface area contributed by atoms with Crippen molar-refractivity contribution in [3.05, 3.63) is 0 Å². The van der Waals surface area contributed by atoms with E-state index in [1.54, 1.807) is 0 Å². The van der Waals surface area contributed by atoms with Crippen molar-refractivity contribution in [3.63, 3.8) is 0 Å². The van der Waals surface area contributed by atoms with E-state index in [4.69, 9.17) is 0 Å². The quantitative estimate of drug-likeness (QED) is 0.284. The minimum Gasteiger partial charge on any atom is -1.00 e. The van der Waals surface area contributed by atoms with Gasteiger partial charge in [0, 0.05) is 0 Å². The molecule has 167 valence electrons. The van der Waals surface area contributed by atoms with Crippen molar-refractivity contribution in [2.75, 3.05) is 26.7 Å². The maximum atomic E-state index is 13.2. The van der Waals surface area contributed by atoms with Crippen LogP contribution in [-0.2, 0) is 20.7 Å². The molecule has 0 aromatic heterocycles. The normalized spacial score (nSPS) is 27.8. The van der Waals surface area contributed by atoms with E-state index >= 15 is 0 Å². The summed E-state index contributed by atoms with van der Waals surface area (Å²) < 4.78 is 119. The van der Waals surface area contributed by atoms with Gasteiger partial charge in [-0.05, 0) is 0 Å². The van der Waals surface area contributed by atoms with Gasteiger partial charge in [0.25, 0.3) is 0 Å². The molecule has 1 heterocycles. The number of nitrogens with zero attached hydrogens (tertiary/aromatic N) is 2. The topological polar surface area (TPSA) is 18.5 Å². The Morgan fingerprint density at radius 1 is 0.750 bits per heavy atom. The molecule has 1 rings (SSSR count). The molecule has 0 radical (unpaired) electrons. The molecular formula is C13H19Cl2F9N3Ti. The summed E-state index contributed by atoms with van der Waals surface area (Å²) in [6.45, 7) is -1.53. The maximum absolute atomic E-state index is 13.2. The maximum Gasteiger partial charge on any atom is -1.00 e. The van der Waals surface area contributed by atoms with E-state index in [0.717, 1.165) is 36.0 Å². The van der Waals surface area contributed by atoms with Crippen molar-refractivity contribution >= 4 is 0 Å². The summed E-state index contributed by atoms with van der Waals surface area (Å²) in [5, 5.41) is 2.01. The third kappa shape index (κ3) is 9.57. The van der Waals surface area contributed by atoms with Crippen molar-refractivity contribution in [1.82, 2.24) is 13.6 Å². The van der Waals surface area contributed by atoms with E-state index in [0.29, 0.717) is 0 Å². The molecular weight excluding hydrogens is 488 g/mol. The molecule has 1 N–H and O–H groups in total. The first-order chi connectivity index (χ1) is 11.6. The molecule has 1 fully saturated rings. The SMILES string of the molecule is CN1CCC(C(F)(F)F)NCCC(C(F)(F)F)[N]([Ti+2])CCC1C(F)(F)F.[Cl-].[Cl-]. The van der Waals surface area contributed by atoms with Crippen LogP contribution < -0.4 is 30.1 Å². The van der Waals surface area contributed by atoms with E-state index < -0.39 is 75.6 Å². The number of nitrogens with one attached hydrogen (secondary N) is 1. The van der Waals surface area contributed by atoms with E-state index in [1.807, 2.05) is 5.32 Å². The first-order valence-electron chi connectivity index (χ1n) is 7.75. The second-order valence-corrected chi connectivity index (χ2v) is 7.10. The molecule has 0 aromatic rings. The molecule has 1 aliphatic rings. The van der Waals surface area contributed by atoms with Gasteiger partial charge in [-0.25, -0.2) is 0 Å². The van der Waals surface area contributed by atoms with Gasteiger partial charge in [-0.2, -0.15) is 0 Å². The van der Waals surface area contributed by atoms with Crippen LogP contribution in [0.4, 0.5) is 39.5 Å². The van der Waals surface area contributed by atoms with Gasteiger partial charge in [0.05, 0.1) is 0 Å². The number of hydrogen-bond donors (Lipinski definition) is 1. The van der Waals surface area contributed by atoms with Crippen molar-refractivity contribution in [2.24, 2.45) is 0 Å². The summed E-state index contributed by atoms with van der Waals surface area (Å²) in [5.74, 6) is 0. The predicted octanol–water partition coefficient (Wildman–Crippen LogP) is -2.74. The first-order valence-corrected chi connectivity index (χ1v) is 8.45. The van der Waals surface area contributed by atoms with Gasteiger partial charge < -0.3 is 24.8 Å². The smallest absolute Gasteiger partial charge is 1.00 e. The molecule has 28 heavy (non-hydrogen) atoms. The summed E-state index contributed by atoms with van der Waals surface area (Å²) >= 11 is 1.03. The van der Waals surface area contributed by atoms with Crippen LogP contribution in [0.2, 0.25) is 0 Å². The molecule has 0 aromatic carbocycles. The summed E-state index contributed by atoms with van der Waals surface area (Å²) in [5.41, 5.74) is 0. The van der Waals surface area contributed by atoms with Gasteiger partial charge >= 0.3 is 156 Å². The van der Waals surface area contributed by atoms with Crippen LogP contribution in [-0.4, -0.2) is 71.6 Å². The molecule has 3 nitrogen and oxygen atoms in total. The van der Waals surface area contributed by atoms with Crippen LogP contribution in [0.3, 0.4) is 0 Å². The minimum atomic E-state index is -4.77. The zero-order chi connectivity index (χ0) is 20.3. The van der Waals surface area contributed by atoms with Crippen LogP contribution in [0.15, 0.2) is 0 Å². The predicted molar refractivity (Wildman–Crippen MR) is 70.7 cm³/mol. The fourth-order valence-electron chi connectivity index (χ4n) is 2.81. The minimum absolute atomic E-state index is 0. The molecule has 15 heteroatoms. The second-order valence-electron chi connectivity index (χ2n) is 6.20. The Labute approximate surface area is 181 Å². The van der Waals surface area contributed by atoms with Gasteiger partial charge in [0.15, 0.2) is 0 Å². The molecule has 1 saturated heterocycles. The van der Waals surface area contributed by atoms with E-state index in [9.17, 15) is 39.5 Å². The van der Waals surface area contributed by atoms with Crippen molar-refractivity contribution in [2.45, 2.75) is 55.9 Å². The van der Waals surface area contributed by atoms with Crippen LogP contribution in [0, 0.1) is 0 Å². The van der Waals surface area contributed by atoms with Gasteiger partial charge in [0.2, 0.25) is 0 Å². The zero-order valence-electron chi connectivity index (χ0n) is 14.5. The number of halogens is 11. The fourth-order valence-corrected chi connectivity index (χ4v) is 3.44. The summed E-state index contributed by atoms with van der Waals surface area (Å²) in [7, 11) is 1.03. The van der Waals surface area contributed by atoms with E-state index in [1.165, 1.54) is 0 Å². The van der Waals surface area contributed by atoms with Crippen molar-refractivity contribution < 1.29 is 85.0 Å². The van der Waals surface area contributed by atoms with Crippen LogP contribution in [0.1, 0.15) is 19.3 Å². The average molecular weight is 507 g/mol. The van der Waals surface area contributed by atoms with Gasteiger partial charge in [-0.15, -0.1) is 0 Å². The number of alkyl halides is 9. The monoisotopic (exact) mass is 506 g/mol. The van der Waals surface area contributed by atoms with Gasteiger partial charge in [-0.3, -0.25) is 0 Å². The van der Waals surface area contributed by atoms with Crippen LogP contribution in [0.25, 0.3) is 0 Å². The standard InChI is InChI=1S/C13H19F9N3.2ClH.Ti/c1-25-7-4-9(12(17,18)19)23-5-2-8(11(14,15)16)24-6-3-10(25)13(20,21)22;;;/h8-10,23H,2-7H2,1H3;2*1H;/q-1;;;+3/p-2. The van der Waals surface area contributed by atoms with Gasteiger partial charge in [0.1, 0.15) is 0 Å². The van der Waals surface area contributed by atoms with Crippen molar-refractivity contribution in [3.8, 4) is 0 Å². The molecule has 0 saturated carbocycles. The molecule has 3 atom stereocenters. The average Bonchev–Trinajstić information content (AvgIpc) is 2.40. The zero-order valence-corrected chi connectivity index (χ0v) is 17.6. The Kier molecular flexibility index (Phi) is 13.0. The number of hydrogen-bond acceptors (Lipinski definition) is 3. The third-order valence-corrected chi connectivity index (χ3v) is 5.12. The Balaban J connectivity index is 0. The van der Waals surface area contributed by atoms with Crippen LogP contribution in [0.5, 0.6) is 0 Å². The Morgan fingerprint density at radius 2 is 1.25 bits per heavy atom. The Morgan fingerprint density at radius 3 is 1.68 bits per heavy atom. The summed E-state index contributed by atoms with van der Waals surface area (Å²) in [6, 6.07) is -6.41. The van der Waals surface area contributed by atoms with Gasteiger partial charge in [-0.1, -0.05) is 0 Å². The Bertz CT molecular complexity index is 448. The largest absolute Gasteiger partial charge is 1.00 e. The molecule has 0 spiro atoms. The van der Waals surface area contributed by atoms with Crippen LogP contribution >= 0.6 is 0 Å². The van der Waals surface area contributed by atoms with E-state index in [2.05, 4.69) is 0 Å². The molecule has 3 unspecified atom stereocenters. The number of rotatable bonds is 0. The summed E-state index contributed by atoms with van der Waals surface area (Å²) in [4.78, 5) is 0.721.